The number of ether oxygens (including phenoxy) is 2. The van der Waals surface area contributed by atoms with E-state index in [1.165, 1.54) is 7.11 Å². The van der Waals surface area contributed by atoms with Crippen LogP contribution in [0.5, 0.6) is 11.5 Å². The van der Waals surface area contributed by atoms with Gasteiger partial charge in [0.2, 0.25) is 11.8 Å². The summed E-state index contributed by atoms with van der Waals surface area (Å²) in [5.74, 6) is 0.782. The van der Waals surface area contributed by atoms with Gasteiger partial charge in [-0.3, -0.25) is 14.4 Å². The summed E-state index contributed by atoms with van der Waals surface area (Å²) in [6.07, 6.45) is 1.50. The van der Waals surface area contributed by atoms with E-state index >= 15 is 0 Å². The summed E-state index contributed by atoms with van der Waals surface area (Å²) in [6.45, 7) is 15.9. The van der Waals surface area contributed by atoms with E-state index in [1.54, 1.807) is 30.2 Å². The average Bonchev–Trinajstić information content (AvgIpc) is 2.79. The number of amides is 3. The molecule has 8 heteroatoms. The smallest absolute Gasteiger partial charge is 0.255 e. The zero-order valence-corrected chi connectivity index (χ0v) is 23.5. The summed E-state index contributed by atoms with van der Waals surface area (Å²) in [4.78, 5) is 43.2. The predicted octanol–water partition coefficient (Wildman–Crippen LogP) is 3.98. The average molecular weight is 504 g/mol. The first kappa shape index (κ1) is 29.5. The van der Waals surface area contributed by atoms with E-state index in [0.717, 1.165) is 6.42 Å². The van der Waals surface area contributed by atoms with Crippen molar-refractivity contribution >= 4 is 17.7 Å². The number of nitrogens with zero attached hydrogens (tertiary/aromatic N) is 2. The largest absolute Gasteiger partial charge is 0.497 e. The number of hydrogen-bond donors (Lipinski definition) is 1. The molecule has 1 aliphatic rings. The maximum atomic E-state index is 13.5. The van der Waals surface area contributed by atoms with E-state index < -0.39 is 6.04 Å². The van der Waals surface area contributed by atoms with E-state index in [-0.39, 0.29) is 35.1 Å². The minimum atomic E-state index is -0.689. The number of hydrogen-bond acceptors (Lipinski definition) is 5. The molecule has 0 bridgehead atoms. The van der Waals surface area contributed by atoms with E-state index in [4.69, 9.17) is 9.47 Å². The summed E-state index contributed by atoms with van der Waals surface area (Å²) in [5, 5.41) is 2.91. The Labute approximate surface area is 216 Å². The van der Waals surface area contributed by atoms with E-state index in [1.807, 2.05) is 25.7 Å². The molecule has 1 aliphatic heterocycles. The predicted molar refractivity (Wildman–Crippen MR) is 141 cm³/mol. The van der Waals surface area contributed by atoms with Crippen LogP contribution in [-0.2, 0) is 9.59 Å². The number of nitrogens with one attached hydrogen (secondary N) is 1. The van der Waals surface area contributed by atoms with Gasteiger partial charge in [-0.25, -0.2) is 0 Å². The van der Waals surface area contributed by atoms with Crippen molar-refractivity contribution in [2.24, 2.45) is 17.3 Å². The second-order valence-electron chi connectivity index (χ2n) is 11.6. The van der Waals surface area contributed by atoms with Crippen LogP contribution in [-0.4, -0.2) is 73.5 Å². The fraction of sp³-hybridized carbons (Fsp3) is 0.679. The molecule has 2 rings (SSSR count). The molecule has 0 saturated carbocycles. The maximum Gasteiger partial charge on any atom is 0.255 e. The molecule has 1 aromatic rings. The molecule has 0 aromatic heterocycles. The normalized spacial score (nSPS) is 18.0. The molecule has 36 heavy (non-hydrogen) atoms. The van der Waals surface area contributed by atoms with Gasteiger partial charge in [0.25, 0.3) is 5.91 Å². The molecule has 1 heterocycles. The molecule has 0 spiro atoms. The molecule has 0 radical (unpaired) electrons. The Morgan fingerprint density at radius 1 is 1.08 bits per heavy atom. The second-order valence-corrected chi connectivity index (χ2v) is 11.6. The monoisotopic (exact) mass is 503 g/mol. The fourth-order valence-corrected chi connectivity index (χ4v) is 4.98. The van der Waals surface area contributed by atoms with Gasteiger partial charge in [-0.1, -0.05) is 41.5 Å². The third-order valence-electron chi connectivity index (χ3n) is 6.62. The summed E-state index contributed by atoms with van der Waals surface area (Å²) in [5.41, 5.74) is 0.521. The number of benzene rings is 1. The van der Waals surface area contributed by atoms with Gasteiger partial charge in [0.1, 0.15) is 17.5 Å². The molecule has 202 valence electrons. The highest BCUT2D eigenvalue weighted by atomic mass is 16.5. The third-order valence-corrected chi connectivity index (χ3v) is 6.62. The number of rotatable bonds is 9. The standard InChI is InChI=1S/C28H45N3O5/c1-18(2)25(29-26(33)22-11-10-21(35-8)15-23(22)36-9)27(34)30-12-13-31(20(4)17-30)24(32)14-19(3)16-28(5,6)7/h10-11,15,18-20,25H,12-14,16-17H2,1-9H3,(H,29,33). The topological polar surface area (TPSA) is 88.2 Å². The first-order valence-corrected chi connectivity index (χ1v) is 12.9. The lowest BCUT2D eigenvalue weighted by Crippen LogP contribution is -2.60. The zero-order chi connectivity index (χ0) is 27.2. The van der Waals surface area contributed by atoms with Gasteiger partial charge in [-0.15, -0.1) is 0 Å². The van der Waals surface area contributed by atoms with Crippen LogP contribution in [0.2, 0.25) is 0 Å². The molecule has 1 aromatic carbocycles. The Kier molecular flexibility index (Phi) is 10.2. The number of methoxy groups -OCH3 is 2. The summed E-state index contributed by atoms with van der Waals surface area (Å²) in [7, 11) is 3.03. The van der Waals surface area contributed by atoms with Crippen LogP contribution < -0.4 is 14.8 Å². The van der Waals surface area contributed by atoms with Gasteiger partial charge in [0, 0.05) is 38.2 Å². The van der Waals surface area contributed by atoms with E-state index in [9.17, 15) is 14.4 Å². The van der Waals surface area contributed by atoms with E-state index in [2.05, 4.69) is 33.0 Å². The fourth-order valence-electron chi connectivity index (χ4n) is 4.98. The lowest BCUT2D eigenvalue weighted by atomic mass is 9.84. The van der Waals surface area contributed by atoms with Gasteiger partial charge in [0.05, 0.1) is 19.8 Å². The van der Waals surface area contributed by atoms with Crippen LogP contribution in [0.25, 0.3) is 0 Å². The summed E-state index contributed by atoms with van der Waals surface area (Å²) in [6, 6.07) is 4.18. The Bertz CT molecular complexity index is 924. The lowest BCUT2D eigenvalue weighted by Gasteiger charge is -2.42. The molecule has 1 N–H and O–H groups in total. The van der Waals surface area contributed by atoms with Crippen molar-refractivity contribution in [2.75, 3.05) is 33.9 Å². The van der Waals surface area contributed by atoms with Crippen LogP contribution in [0.15, 0.2) is 18.2 Å². The van der Waals surface area contributed by atoms with Crippen molar-refractivity contribution in [2.45, 2.75) is 73.4 Å². The first-order chi connectivity index (χ1) is 16.8. The second kappa shape index (κ2) is 12.5. The molecule has 1 fully saturated rings. The highest BCUT2D eigenvalue weighted by Gasteiger charge is 2.35. The Hall–Kier alpha value is -2.77. The third kappa shape index (κ3) is 7.87. The first-order valence-electron chi connectivity index (χ1n) is 12.9. The van der Waals surface area contributed by atoms with Gasteiger partial charge in [-0.2, -0.15) is 0 Å². The Balaban J connectivity index is 2.05. The van der Waals surface area contributed by atoms with Crippen LogP contribution in [0, 0.1) is 17.3 Å². The van der Waals surface area contributed by atoms with Crippen LogP contribution in [0.4, 0.5) is 0 Å². The van der Waals surface area contributed by atoms with E-state index in [0.29, 0.717) is 49.0 Å². The highest BCUT2D eigenvalue weighted by molar-refractivity contribution is 6.00. The van der Waals surface area contributed by atoms with Crippen molar-refractivity contribution in [3.05, 3.63) is 23.8 Å². The Morgan fingerprint density at radius 2 is 1.75 bits per heavy atom. The Morgan fingerprint density at radius 3 is 2.28 bits per heavy atom. The molecule has 1 saturated heterocycles. The molecule has 0 aliphatic carbocycles. The van der Waals surface area contributed by atoms with Gasteiger partial charge in [-0.05, 0) is 42.7 Å². The van der Waals surface area contributed by atoms with Crippen molar-refractivity contribution in [1.29, 1.82) is 0 Å². The van der Waals surface area contributed by atoms with Crippen molar-refractivity contribution < 1.29 is 23.9 Å². The number of carbonyl (C=O) groups excluding carboxylic acids is 3. The van der Waals surface area contributed by atoms with Gasteiger partial charge < -0.3 is 24.6 Å². The van der Waals surface area contributed by atoms with Crippen LogP contribution in [0.3, 0.4) is 0 Å². The minimum Gasteiger partial charge on any atom is -0.497 e. The molecule has 3 amide bonds. The van der Waals surface area contributed by atoms with Crippen molar-refractivity contribution in [1.82, 2.24) is 15.1 Å². The SMILES string of the molecule is COc1ccc(C(=O)NC(C(=O)N2CCN(C(=O)CC(C)CC(C)(C)C)C(C)C2)C(C)C)c(OC)c1. The molecule has 8 nitrogen and oxygen atoms in total. The quantitative estimate of drug-likeness (QED) is 0.551. The lowest BCUT2D eigenvalue weighted by molar-refractivity contribution is -0.144. The minimum absolute atomic E-state index is 0.0813. The van der Waals surface area contributed by atoms with Crippen molar-refractivity contribution in [3.63, 3.8) is 0 Å². The number of piperazine rings is 1. The zero-order valence-electron chi connectivity index (χ0n) is 23.5. The molecular formula is C28H45N3O5. The highest BCUT2D eigenvalue weighted by Crippen LogP contribution is 2.27. The summed E-state index contributed by atoms with van der Waals surface area (Å²) >= 11 is 0. The number of carbonyl (C=O) groups is 3. The maximum absolute atomic E-state index is 13.5. The molecular weight excluding hydrogens is 458 g/mol. The van der Waals surface area contributed by atoms with Crippen LogP contribution >= 0.6 is 0 Å². The molecule has 3 atom stereocenters. The van der Waals surface area contributed by atoms with Gasteiger partial charge in [0.15, 0.2) is 0 Å². The van der Waals surface area contributed by atoms with Crippen LogP contribution in [0.1, 0.15) is 71.7 Å². The van der Waals surface area contributed by atoms with Crippen molar-refractivity contribution in [3.8, 4) is 11.5 Å². The summed E-state index contributed by atoms with van der Waals surface area (Å²) < 4.78 is 10.6. The van der Waals surface area contributed by atoms with Gasteiger partial charge >= 0.3 is 0 Å². The molecule has 3 unspecified atom stereocenters.